The van der Waals surface area contributed by atoms with E-state index in [4.69, 9.17) is 9.47 Å². The quantitative estimate of drug-likeness (QED) is 0.803. The van der Waals surface area contributed by atoms with E-state index in [0.717, 1.165) is 4.47 Å². The van der Waals surface area contributed by atoms with Crippen LogP contribution in [0.3, 0.4) is 0 Å². The number of fused-ring (bicyclic) bond motifs is 1. The van der Waals surface area contributed by atoms with Crippen molar-refractivity contribution in [1.29, 1.82) is 0 Å². The Morgan fingerprint density at radius 1 is 0.909 bits per heavy atom. The summed E-state index contributed by atoms with van der Waals surface area (Å²) in [7, 11) is 0. The van der Waals surface area contributed by atoms with Gasteiger partial charge in [-0.2, -0.15) is 0 Å². The lowest BCUT2D eigenvalue weighted by molar-refractivity contribution is 0.0846. The van der Waals surface area contributed by atoms with Gasteiger partial charge in [0, 0.05) is 15.6 Å². The molecule has 0 fully saturated rings. The van der Waals surface area contributed by atoms with Crippen LogP contribution in [0, 0.1) is 0 Å². The molecule has 6 nitrogen and oxygen atoms in total. The summed E-state index contributed by atoms with van der Waals surface area (Å²) in [5, 5.41) is 0. The van der Waals surface area contributed by atoms with Crippen molar-refractivity contribution in [2.24, 2.45) is 0 Å². The third kappa shape index (κ3) is 3.04. The second-order valence-electron chi connectivity index (χ2n) is 4.49. The van der Waals surface area contributed by atoms with Gasteiger partial charge in [-0.15, -0.1) is 0 Å². The fraction of sp³-hybridized carbons (Fsp3) is 0.0667. The molecule has 0 aliphatic carbocycles. The molecule has 0 atom stereocenters. The number of hydrogen-bond acceptors (Lipinski definition) is 4. The topological polar surface area (TPSA) is 76.7 Å². The molecule has 0 saturated carbocycles. The summed E-state index contributed by atoms with van der Waals surface area (Å²) in [6.45, 7) is 0.139. The molecule has 2 aromatic rings. The van der Waals surface area contributed by atoms with Gasteiger partial charge in [-0.25, -0.2) is 0 Å². The van der Waals surface area contributed by atoms with Crippen LogP contribution in [0.4, 0.5) is 0 Å². The second kappa shape index (κ2) is 6.07. The van der Waals surface area contributed by atoms with Gasteiger partial charge < -0.3 is 9.47 Å². The van der Waals surface area contributed by atoms with Crippen LogP contribution in [-0.2, 0) is 0 Å². The van der Waals surface area contributed by atoms with Crippen molar-refractivity contribution in [3.63, 3.8) is 0 Å². The summed E-state index contributed by atoms with van der Waals surface area (Å²) in [5.74, 6) is 0.248. The number of ether oxygens (including phenoxy) is 2. The average Bonchev–Trinajstić information content (AvgIpc) is 2.99. The standard InChI is InChI=1S/C15H11BrN2O4/c16-11-3-1-2-9(6-11)14(19)17-18-15(20)10-4-5-12-13(7-10)22-8-21-12/h1-7H,8H2,(H,17,19)(H,18,20). The Morgan fingerprint density at radius 2 is 1.59 bits per heavy atom. The van der Waals surface area contributed by atoms with Crippen molar-refractivity contribution in [2.75, 3.05) is 6.79 Å². The van der Waals surface area contributed by atoms with Crippen LogP contribution in [0.1, 0.15) is 20.7 Å². The molecule has 0 spiro atoms. The Morgan fingerprint density at radius 3 is 2.32 bits per heavy atom. The zero-order chi connectivity index (χ0) is 15.5. The van der Waals surface area contributed by atoms with Gasteiger partial charge in [0.25, 0.3) is 11.8 Å². The van der Waals surface area contributed by atoms with E-state index < -0.39 is 11.8 Å². The van der Waals surface area contributed by atoms with E-state index in [1.807, 2.05) is 6.07 Å². The lowest BCUT2D eigenvalue weighted by atomic mass is 10.2. The summed E-state index contributed by atoms with van der Waals surface area (Å²) in [5.41, 5.74) is 5.51. The largest absolute Gasteiger partial charge is 0.454 e. The maximum absolute atomic E-state index is 12.0. The number of amides is 2. The summed E-state index contributed by atoms with van der Waals surface area (Å²) in [6.07, 6.45) is 0. The van der Waals surface area contributed by atoms with Crippen LogP contribution in [-0.4, -0.2) is 18.6 Å². The van der Waals surface area contributed by atoms with Crippen LogP contribution in [0.2, 0.25) is 0 Å². The van der Waals surface area contributed by atoms with Gasteiger partial charge in [0.15, 0.2) is 11.5 Å². The zero-order valence-electron chi connectivity index (χ0n) is 11.3. The number of carbonyl (C=O) groups is 2. The van der Waals surface area contributed by atoms with Crippen LogP contribution in [0.5, 0.6) is 11.5 Å². The minimum Gasteiger partial charge on any atom is -0.454 e. The lowest BCUT2D eigenvalue weighted by Gasteiger charge is -2.08. The van der Waals surface area contributed by atoms with Crippen molar-refractivity contribution in [3.8, 4) is 11.5 Å². The van der Waals surface area contributed by atoms with E-state index in [2.05, 4.69) is 26.8 Å². The maximum Gasteiger partial charge on any atom is 0.269 e. The van der Waals surface area contributed by atoms with Crippen molar-refractivity contribution in [3.05, 3.63) is 58.1 Å². The highest BCUT2D eigenvalue weighted by Crippen LogP contribution is 2.32. The van der Waals surface area contributed by atoms with Crippen molar-refractivity contribution in [1.82, 2.24) is 10.9 Å². The Balaban J connectivity index is 1.64. The molecular formula is C15H11BrN2O4. The van der Waals surface area contributed by atoms with Gasteiger partial charge in [0.2, 0.25) is 6.79 Å². The molecule has 2 N–H and O–H groups in total. The molecule has 0 bridgehead atoms. The molecule has 2 amide bonds. The monoisotopic (exact) mass is 362 g/mol. The highest BCUT2D eigenvalue weighted by atomic mass is 79.9. The molecule has 0 unspecified atom stereocenters. The van der Waals surface area contributed by atoms with E-state index in [1.165, 1.54) is 0 Å². The van der Waals surface area contributed by atoms with Crippen molar-refractivity contribution < 1.29 is 19.1 Å². The summed E-state index contributed by atoms with van der Waals surface area (Å²) in [4.78, 5) is 23.9. The predicted octanol–water partition coefficient (Wildman–Crippen LogP) is 2.25. The second-order valence-corrected chi connectivity index (χ2v) is 5.40. The maximum atomic E-state index is 12.0. The number of halogens is 1. The SMILES string of the molecule is O=C(NNC(=O)c1ccc2c(c1)OCO2)c1cccc(Br)c1. The van der Waals surface area contributed by atoms with Gasteiger partial charge in [0.05, 0.1) is 0 Å². The fourth-order valence-corrected chi connectivity index (χ4v) is 2.32. The van der Waals surface area contributed by atoms with Crippen LogP contribution >= 0.6 is 15.9 Å². The molecule has 1 aliphatic rings. The minimum absolute atomic E-state index is 0.139. The van der Waals surface area contributed by atoms with Crippen LogP contribution < -0.4 is 20.3 Å². The highest BCUT2D eigenvalue weighted by Gasteiger charge is 2.16. The fourth-order valence-electron chi connectivity index (χ4n) is 1.93. The predicted molar refractivity (Wildman–Crippen MR) is 81.6 cm³/mol. The van der Waals surface area contributed by atoms with Gasteiger partial charge in [-0.1, -0.05) is 22.0 Å². The molecule has 0 saturated heterocycles. The first-order chi connectivity index (χ1) is 10.6. The number of hydrazine groups is 1. The highest BCUT2D eigenvalue weighted by molar-refractivity contribution is 9.10. The average molecular weight is 363 g/mol. The molecule has 3 rings (SSSR count). The summed E-state index contributed by atoms with van der Waals surface area (Å²) >= 11 is 3.28. The van der Waals surface area contributed by atoms with E-state index in [1.54, 1.807) is 36.4 Å². The molecule has 0 aromatic heterocycles. The van der Waals surface area contributed by atoms with Gasteiger partial charge in [-0.3, -0.25) is 20.4 Å². The molecular weight excluding hydrogens is 352 g/mol. The molecule has 1 aliphatic heterocycles. The van der Waals surface area contributed by atoms with Crippen molar-refractivity contribution >= 4 is 27.7 Å². The molecule has 2 aromatic carbocycles. The number of benzene rings is 2. The van der Waals surface area contributed by atoms with Gasteiger partial charge in [0.1, 0.15) is 0 Å². The lowest BCUT2D eigenvalue weighted by Crippen LogP contribution is -2.41. The van der Waals surface area contributed by atoms with E-state index in [0.29, 0.717) is 22.6 Å². The number of carbonyl (C=O) groups excluding carboxylic acids is 2. The molecule has 0 radical (unpaired) electrons. The Hall–Kier alpha value is -2.54. The first kappa shape index (κ1) is 14.4. The summed E-state index contributed by atoms with van der Waals surface area (Å²) in [6, 6.07) is 11.6. The molecule has 1 heterocycles. The third-order valence-electron chi connectivity index (χ3n) is 3.01. The number of rotatable bonds is 2. The van der Waals surface area contributed by atoms with Gasteiger partial charge in [-0.05, 0) is 36.4 Å². The third-order valence-corrected chi connectivity index (χ3v) is 3.50. The number of nitrogens with one attached hydrogen (secondary N) is 2. The number of hydrogen-bond donors (Lipinski definition) is 2. The molecule has 7 heteroatoms. The molecule has 22 heavy (non-hydrogen) atoms. The van der Waals surface area contributed by atoms with Gasteiger partial charge >= 0.3 is 0 Å². The van der Waals surface area contributed by atoms with E-state index in [-0.39, 0.29) is 6.79 Å². The van der Waals surface area contributed by atoms with Crippen molar-refractivity contribution in [2.45, 2.75) is 0 Å². The Bertz CT molecular complexity index is 748. The van der Waals surface area contributed by atoms with E-state index in [9.17, 15) is 9.59 Å². The normalized spacial score (nSPS) is 11.9. The first-order valence-electron chi connectivity index (χ1n) is 6.39. The zero-order valence-corrected chi connectivity index (χ0v) is 12.8. The molecule has 112 valence electrons. The van der Waals surface area contributed by atoms with Crippen LogP contribution in [0.25, 0.3) is 0 Å². The minimum atomic E-state index is -0.443. The summed E-state index contributed by atoms with van der Waals surface area (Å²) < 4.78 is 11.2. The Labute approximate surface area is 134 Å². The smallest absolute Gasteiger partial charge is 0.269 e. The Kier molecular flexibility index (Phi) is 3.97. The van der Waals surface area contributed by atoms with E-state index >= 15 is 0 Å². The first-order valence-corrected chi connectivity index (χ1v) is 7.19. The van der Waals surface area contributed by atoms with Crippen LogP contribution in [0.15, 0.2) is 46.9 Å².